The summed E-state index contributed by atoms with van der Waals surface area (Å²) in [5.74, 6) is 0.873. The van der Waals surface area contributed by atoms with Crippen molar-refractivity contribution in [3.05, 3.63) is 53.3 Å². The minimum absolute atomic E-state index is 0.755. The van der Waals surface area contributed by atoms with Gasteiger partial charge in [0.15, 0.2) is 0 Å². The molecule has 1 aromatic carbocycles. The van der Waals surface area contributed by atoms with E-state index in [0.29, 0.717) is 0 Å². The van der Waals surface area contributed by atoms with Gasteiger partial charge in [0.2, 0.25) is 0 Å². The summed E-state index contributed by atoms with van der Waals surface area (Å²) in [5.41, 5.74) is 1.20. The van der Waals surface area contributed by atoms with E-state index in [1.165, 1.54) is 5.56 Å². The van der Waals surface area contributed by atoms with E-state index in [2.05, 4.69) is 0 Å². The lowest BCUT2D eigenvalue weighted by Crippen LogP contribution is -1.97. The molecule has 2 rings (SSSR count). The molecule has 0 aliphatic rings. The molecule has 0 saturated heterocycles. The third-order valence-electron chi connectivity index (χ3n) is 2.29. The summed E-state index contributed by atoms with van der Waals surface area (Å²) in [7, 11) is 1.66. The quantitative estimate of drug-likeness (QED) is 0.777. The first-order valence-corrected chi connectivity index (χ1v) is 5.11. The summed E-state index contributed by atoms with van der Waals surface area (Å²) in [6, 6.07) is 11.8. The van der Waals surface area contributed by atoms with Crippen LogP contribution in [0.4, 0.5) is 0 Å². The number of aromatic nitrogens is 1. The Morgan fingerprint density at radius 2 is 1.93 bits per heavy atom. The van der Waals surface area contributed by atoms with Gasteiger partial charge in [-0.25, -0.2) is 0 Å². The first-order chi connectivity index (χ1) is 7.29. The Morgan fingerprint density at radius 1 is 1.20 bits per heavy atom. The molecule has 1 aromatic heterocycles. The van der Waals surface area contributed by atoms with Crippen molar-refractivity contribution in [1.82, 2.24) is 4.57 Å². The number of benzene rings is 1. The highest BCUT2D eigenvalue weighted by Crippen LogP contribution is 2.15. The second-order valence-electron chi connectivity index (χ2n) is 3.31. The van der Waals surface area contributed by atoms with Crippen LogP contribution in [0, 0.1) is 0 Å². The molecule has 0 N–H and O–H groups in total. The van der Waals surface area contributed by atoms with E-state index in [0.717, 1.165) is 17.4 Å². The smallest absolute Gasteiger partial charge is 0.118 e. The fraction of sp³-hybridized carbons (Fsp3) is 0.167. The van der Waals surface area contributed by atoms with Crippen molar-refractivity contribution in [3.8, 4) is 5.75 Å². The van der Waals surface area contributed by atoms with Gasteiger partial charge in [0.05, 0.1) is 7.11 Å². The molecule has 0 fully saturated rings. The van der Waals surface area contributed by atoms with Crippen LogP contribution in [0.1, 0.15) is 5.56 Å². The predicted octanol–water partition coefficient (Wildman–Crippen LogP) is 3.20. The SMILES string of the molecule is COc1ccc(Cn2cccc2Cl)cc1. The molecular weight excluding hydrogens is 210 g/mol. The third kappa shape index (κ3) is 2.34. The van der Waals surface area contributed by atoms with E-state index in [-0.39, 0.29) is 0 Å². The predicted molar refractivity (Wildman–Crippen MR) is 61.5 cm³/mol. The van der Waals surface area contributed by atoms with Crippen LogP contribution < -0.4 is 4.74 Å². The summed E-state index contributed by atoms with van der Waals surface area (Å²) in [6.45, 7) is 0.788. The van der Waals surface area contributed by atoms with Gasteiger partial charge in [-0.2, -0.15) is 0 Å². The van der Waals surface area contributed by atoms with E-state index in [9.17, 15) is 0 Å². The molecule has 0 spiro atoms. The summed E-state index contributed by atoms with van der Waals surface area (Å²) in [4.78, 5) is 0. The number of hydrogen-bond donors (Lipinski definition) is 0. The van der Waals surface area contributed by atoms with Gasteiger partial charge in [-0.1, -0.05) is 23.7 Å². The van der Waals surface area contributed by atoms with Crippen LogP contribution in [0.25, 0.3) is 0 Å². The number of rotatable bonds is 3. The van der Waals surface area contributed by atoms with E-state index in [1.807, 2.05) is 47.2 Å². The van der Waals surface area contributed by atoms with Crippen LogP contribution in [-0.2, 0) is 6.54 Å². The molecule has 3 heteroatoms. The molecule has 0 aliphatic heterocycles. The van der Waals surface area contributed by atoms with Crippen LogP contribution >= 0.6 is 11.6 Å². The Labute approximate surface area is 94.1 Å². The van der Waals surface area contributed by atoms with Crippen molar-refractivity contribution in [3.63, 3.8) is 0 Å². The maximum Gasteiger partial charge on any atom is 0.118 e. The highest BCUT2D eigenvalue weighted by molar-refractivity contribution is 6.29. The first-order valence-electron chi connectivity index (χ1n) is 4.73. The Kier molecular flexibility index (Phi) is 2.97. The second-order valence-corrected chi connectivity index (χ2v) is 3.69. The van der Waals surface area contributed by atoms with Gasteiger partial charge in [0.1, 0.15) is 10.9 Å². The molecule has 0 radical (unpaired) electrons. The van der Waals surface area contributed by atoms with Crippen LogP contribution in [0.3, 0.4) is 0 Å². The highest BCUT2D eigenvalue weighted by atomic mass is 35.5. The zero-order valence-electron chi connectivity index (χ0n) is 8.48. The molecule has 2 nitrogen and oxygen atoms in total. The molecule has 0 amide bonds. The van der Waals surface area contributed by atoms with Gasteiger partial charge in [-0.05, 0) is 29.8 Å². The third-order valence-corrected chi connectivity index (χ3v) is 2.63. The largest absolute Gasteiger partial charge is 0.497 e. The van der Waals surface area contributed by atoms with Gasteiger partial charge >= 0.3 is 0 Å². The minimum atomic E-state index is 0.755. The maximum absolute atomic E-state index is 5.99. The van der Waals surface area contributed by atoms with E-state index in [4.69, 9.17) is 16.3 Å². The average molecular weight is 222 g/mol. The second kappa shape index (κ2) is 4.41. The zero-order chi connectivity index (χ0) is 10.7. The Hall–Kier alpha value is -1.41. The van der Waals surface area contributed by atoms with Gasteiger partial charge < -0.3 is 9.30 Å². The van der Waals surface area contributed by atoms with Crippen molar-refractivity contribution in [1.29, 1.82) is 0 Å². The molecule has 1 heterocycles. The molecular formula is C12H12ClNO. The number of hydrogen-bond acceptors (Lipinski definition) is 1. The van der Waals surface area contributed by atoms with Crippen molar-refractivity contribution < 1.29 is 4.74 Å². The summed E-state index contributed by atoms with van der Waals surface area (Å²) in [5, 5.41) is 0.755. The lowest BCUT2D eigenvalue weighted by molar-refractivity contribution is 0.414. The first kappa shape index (κ1) is 10.1. The number of halogens is 1. The molecule has 78 valence electrons. The Bertz CT molecular complexity index is 433. The van der Waals surface area contributed by atoms with Crippen molar-refractivity contribution in [2.75, 3.05) is 7.11 Å². The molecule has 0 unspecified atom stereocenters. The van der Waals surface area contributed by atoms with Gasteiger partial charge in [0.25, 0.3) is 0 Å². The Morgan fingerprint density at radius 3 is 2.47 bits per heavy atom. The molecule has 0 saturated carbocycles. The fourth-order valence-electron chi connectivity index (χ4n) is 1.45. The topological polar surface area (TPSA) is 14.2 Å². The van der Waals surface area contributed by atoms with Crippen LogP contribution in [0.5, 0.6) is 5.75 Å². The molecule has 0 aliphatic carbocycles. The number of ether oxygens (including phenoxy) is 1. The van der Waals surface area contributed by atoms with Gasteiger partial charge in [0, 0.05) is 12.7 Å². The normalized spacial score (nSPS) is 10.3. The van der Waals surface area contributed by atoms with Crippen LogP contribution in [-0.4, -0.2) is 11.7 Å². The van der Waals surface area contributed by atoms with Crippen molar-refractivity contribution in [2.45, 2.75) is 6.54 Å². The molecule has 2 aromatic rings. The van der Waals surface area contributed by atoms with Crippen molar-refractivity contribution >= 4 is 11.6 Å². The van der Waals surface area contributed by atoms with Crippen LogP contribution in [0.2, 0.25) is 5.15 Å². The van der Waals surface area contributed by atoms with Crippen LogP contribution in [0.15, 0.2) is 42.6 Å². The lowest BCUT2D eigenvalue weighted by Gasteiger charge is -2.06. The number of methoxy groups -OCH3 is 1. The van der Waals surface area contributed by atoms with E-state index < -0.39 is 0 Å². The summed E-state index contributed by atoms with van der Waals surface area (Å²) in [6.07, 6.45) is 1.96. The van der Waals surface area contributed by atoms with E-state index in [1.54, 1.807) is 7.11 Å². The van der Waals surface area contributed by atoms with E-state index >= 15 is 0 Å². The summed E-state index contributed by atoms with van der Waals surface area (Å²) >= 11 is 5.99. The average Bonchev–Trinajstić information content (AvgIpc) is 2.66. The lowest BCUT2D eigenvalue weighted by atomic mass is 10.2. The minimum Gasteiger partial charge on any atom is -0.497 e. The molecule has 0 bridgehead atoms. The van der Waals surface area contributed by atoms with Gasteiger partial charge in [-0.15, -0.1) is 0 Å². The molecule has 0 atom stereocenters. The molecule has 15 heavy (non-hydrogen) atoms. The monoisotopic (exact) mass is 221 g/mol. The van der Waals surface area contributed by atoms with Gasteiger partial charge in [-0.3, -0.25) is 0 Å². The fourth-order valence-corrected chi connectivity index (χ4v) is 1.64. The maximum atomic E-state index is 5.99. The van der Waals surface area contributed by atoms with Crippen molar-refractivity contribution in [2.24, 2.45) is 0 Å². The standard InChI is InChI=1S/C12H12ClNO/c1-15-11-6-4-10(5-7-11)9-14-8-2-3-12(14)13/h2-8H,9H2,1H3. The Balaban J connectivity index is 2.14. The number of nitrogens with zero attached hydrogens (tertiary/aromatic N) is 1. The summed E-state index contributed by atoms with van der Waals surface area (Å²) < 4.78 is 7.08. The zero-order valence-corrected chi connectivity index (χ0v) is 9.24. The highest BCUT2D eigenvalue weighted by Gasteiger charge is 1.99.